The van der Waals surface area contributed by atoms with E-state index in [0.717, 1.165) is 39.3 Å². The molecule has 5 heteroatoms. The summed E-state index contributed by atoms with van der Waals surface area (Å²) < 4.78 is 5.19. The summed E-state index contributed by atoms with van der Waals surface area (Å²) in [5, 5.41) is 9.96. The third-order valence-corrected chi connectivity index (χ3v) is 3.21. The first kappa shape index (κ1) is 12.6. The van der Waals surface area contributed by atoms with Gasteiger partial charge in [0.2, 0.25) is 0 Å². The molecule has 0 aromatic carbocycles. The number of furan rings is 1. The fourth-order valence-corrected chi connectivity index (χ4v) is 2.19. The first-order valence-electron chi connectivity index (χ1n) is 6.16. The minimum absolute atomic E-state index is 0.522. The fourth-order valence-electron chi connectivity index (χ4n) is 2.19. The molecule has 1 aromatic rings. The first-order valence-corrected chi connectivity index (χ1v) is 6.16. The van der Waals surface area contributed by atoms with Gasteiger partial charge in [-0.3, -0.25) is 9.80 Å². The maximum absolute atomic E-state index is 9.96. The number of piperazine rings is 1. The van der Waals surface area contributed by atoms with Gasteiger partial charge in [0.05, 0.1) is 6.26 Å². The van der Waals surface area contributed by atoms with Crippen molar-refractivity contribution < 1.29 is 9.52 Å². The number of β-amino-alcohol motifs (C(OH)–C–C–N with tert-alkyl or cyclic N) is 1. The van der Waals surface area contributed by atoms with Gasteiger partial charge in [0.15, 0.2) is 0 Å². The van der Waals surface area contributed by atoms with Crippen molar-refractivity contribution in [3.8, 4) is 0 Å². The summed E-state index contributed by atoms with van der Waals surface area (Å²) in [6.45, 7) is 6.35. The summed E-state index contributed by atoms with van der Waals surface area (Å²) in [5.41, 5.74) is 5.53. The number of hydrogen-bond donors (Lipinski definition) is 2. The van der Waals surface area contributed by atoms with Crippen molar-refractivity contribution in [2.75, 3.05) is 45.8 Å². The molecule has 1 atom stereocenters. The van der Waals surface area contributed by atoms with Gasteiger partial charge in [0.1, 0.15) is 11.9 Å². The molecular weight excluding hydrogens is 218 g/mol. The number of hydrogen-bond acceptors (Lipinski definition) is 5. The van der Waals surface area contributed by atoms with E-state index in [9.17, 15) is 5.11 Å². The highest BCUT2D eigenvalue weighted by Gasteiger charge is 2.20. The zero-order valence-electron chi connectivity index (χ0n) is 10.1. The maximum Gasteiger partial charge on any atom is 0.133 e. The Kier molecular flexibility index (Phi) is 4.56. The van der Waals surface area contributed by atoms with Crippen molar-refractivity contribution in [3.05, 3.63) is 24.2 Å². The average Bonchev–Trinajstić information content (AvgIpc) is 2.86. The molecule has 1 aliphatic heterocycles. The zero-order valence-corrected chi connectivity index (χ0v) is 10.1. The van der Waals surface area contributed by atoms with Crippen LogP contribution in [0.2, 0.25) is 0 Å². The monoisotopic (exact) mass is 239 g/mol. The van der Waals surface area contributed by atoms with Crippen molar-refractivity contribution in [2.45, 2.75) is 6.10 Å². The summed E-state index contributed by atoms with van der Waals surface area (Å²) >= 11 is 0. The van der Waals surface area contributed by atoms with E-state index in [1.165, 1.54) is 0 Å². The van der Waals surface area contributed by atoms with Gasteiger partial charge in [-0.05, 0) is 12.1 Å². The molecule has 1 saturated heterocycles. The van der Waals surface area contributed by atoms with E-state index in [4.69, 9.17) is 10.2 Å². The molecule has 5 nitrogen and oxygen atoms in total. The van der Waals surface area contributed by atoms with Crippen molar-refractivity contribution in [1.82, 2.24) is 9.80 Å². The molecule has 0 saturated carbocycles. The molecule has 0 spiro atoms. The minimum atomic E-state index is -0.522. The Morgan fingerprint density at radius 1 is 1.29 bits per heavy atom. The van der Waals surface area contributed by atoms with E-state index in [0.29, 0.717) is 12.3 Å². The highest BCUT2D eigenvalue weighted by Crippen LogP contribution is 2.15. The molecule has 2 heterocycles. The second-order valence-corrected chi connectivity index (χ2v) is 4.46. The van der Waals surface area contributed by atoms with Gasteiger partial charge in [-0.25, -0.2) is 0 Å². The van der Waals surface area contributed by atoms with Crippen LogP contribution >= 0.6 is 0 Å². The molecule has 1 unspecified atom stereocenters. The van der Waals surface area contributed by atoms with Gasteiger partial charge in [0.25, 0.3) is 0 Å². The predicted molar refractivity (Wildman–Crippen MR) is 65.6 cm³/mol. The highest BCUT2D eigenvalue weighted by atomic mass is 16.4. The van der Waals surface area contributed by atoms with Crippen LogP contribution in [-0.2, 0) is 0 Å². The van der Waals surface area contributed by atoms with E-state index >= 15 is 0 Å². The molecule has 0 bridgehead atoms. The Labute approximate surface area is 102 Å². The normalized spacial score (nSPS) is 20.6. The van der Waals surface area contributed by atoms with Gasteiger partial charge in [-0.2, -0.15) is 0 Å². The molecule has 2 rings (SSSR count). The molecule has 1 aliphatic rings. The number of aliphatic hydroxyl groups excluding tert-OH is 1. The Morgan fingerprint density at radius 3 is 2.59 bits per heavy atom. The summed E-state index contributed by atoms with van der Waals surface area (Å²) in [4.78, 5) is 4.62. The van der Waals surface area contributed by atoms with Crippen LogP contribution in [0.15, 0.2) is 22.8 Å². The van der Waals surface area contributed by atoms with E-state index in [-0.39, 0.29) is 0 Å². The lowest BCUT2D eigenvalue weighted by atomic mass is 10.2. The van der Waals surface area contributed by atoms with Crippen molar-refractivity contribution >= 4 is 0 Å². The first-order chi connectivity index (χ1) is 8.29. The summed E-state index contributed by atoms with van der Waals surface area (Å²) in [7, 11) is 0. The molecule has 0 amide bonds. The lowest BCUT2D eigenvalue weighted by Crippen LogP contribution is -2.48. The lowest BCUT2D eigenvalue weighted by molar-refractivity contribution is 0.0627. The highest BCUT2D eigenvalue weighted by molar-refractivity contribution is 5.02. The van der Waals surface area contributed by atoms with Gasteiger partial charge < -0.3 is 15.3 Å². The predicted octanol–water partition coefficient (Wildman–Crippen LogP) is -0.111. The fraction of sp³-hybridized carbons (Fsp3) is 0.667. The molecule has 1 aromatic heterocycles. The molecular formula is C12H21N3O2. The summed E-state index contributed by atoms with van der Waals surface area (Å²) in [6, 6.07) is 3.62. The van der Waals surface area contributed by atoms with Crippen LogP contribution in [0.5, 0.6) is 0 Å². The van der Waals surface area contributed by atoms with E-state index in [1.54, 1.807) is 12.3 Å². The van der Waals surface area contributed by atoms with Crippen LogP contribution in [0.3, 0.4) is 0 Å². The Morgan fingerprint density at radius 2 is 2.00 bits per heavy atom. The Hall–Kier alpha value is -0.880. The van der Waals surface area contributed by atoms with Gasteiger partial charge >= 0.3 is 0 Å². The summed E-state index contributed by atoms with van der Waals surface area (Å²) in [5.74, 6) is 0.648. The van der Waals surface area contributed by atoms with Crippen molar-refractivity contribution in [1.29, 1.82) is 0 Å². The van der Waals surface area contributed by atoms with Crippen LogP contribution < -0.4 is 5.73 Å². The topological polar surface area (TPSA) is 65.9 Å². The average molecular weight is 239 g/mol. The van der Waals surface area contributed by atoms with Crippen LogP contribution in [-0.4, -0.2) is 60.7 Å². The summed E-state index contributed by atoms with van der Waals surface area (Å²) in [6.07, 6.45) is 1.07. The van der Waals surface area contributed by atoms with Gasteiger partial charge in [0, 0.05) is 45.8 Å². The van der Waals surface area contributed by atoms with Crippen LogP contribution in [0.1, 0.15) is 11.9 Å². The maximum atomic E-state index is 9.96. The lowest BCUT2D eigenvalue weighted by Gasteiger charge is -2.35. The third kappa shape index (κ3) is 3.54. The molecule has 0 aliphatic carbocycles. The van der Waals surface area contributed by atoms with Crippen LogP contribution in [0, 0.1) is 0 Å². The number of nitrogens with two attached hydrogens (primary N) is 1. The van der Waals surface area contributed by atoms with Crippen LogP contribution in [0.4, 0.5) is 0 Å². The Balaban J connectivity index is 1.74. The number of nitrogens with zero attached hydrogens (tertiary/aromatic N) is 2. The molecule has 96 valence electrons. The van der Waals surface area contributed by atoms with Gasteiger partial charge in [-0.15, -0.1) is 0 Å². The molecule has 17 heavy (non-hydrogen) atoms. The van der Waals surface area contributed by atoms with Crippen LogP contribution in [0.25, 0.3) is 0 Å². The van der Waals surface area contributed by atoms with Crippen molar-refractivity contribution in [3.63, 3.8) is 0 Å². The van der Waals surface area contributed by atoms with E-state index < -0.39 is 6.10 Å². The van der Waals surface area contributed by atoms with E-state index in [2.05, 4.69) is 9.80 Å². The molecule has 1 fully saturated rings. The number of aliphatic hydroxyl groups is 1. The third-order valence-electron chi connectivity index (χ3n) is 3.21. The molecule has 3 N–H and O–H groups in total. The minimum Gasteiger partial charge on any atom is -0.467 e. The second-order valence-electron chi connectivity index (χ2n) is 4.46. The smallest absolute Gasteiger partial charge is 0.133 e. The largest absolute Gasteiger partial charge is 0.467 e. The number of rotatable bonds is 5. The SMILES string of the molecule is NCCN1CCN(CC(O)c2ccco2)CC1. The second kappa shape index (κ2) is 6.16. The van der Waals surface area contributed by atoms with Crippen molar-refractivity contribution in [2.24, 2.45) is 5.73 Å². The standard InChI is InChI=1S/C12H21N3O2/c13-3-4-14-5-7-15(8-6-14)10-11(16)12-2-1-9-17-12/h1-2,9,11,16H,3-8,10,13H2. The van der Waals surface area contributed by atoms with Gasteiger partial charge in [-0.1, -0.05) is 0 Å². The molecule has 0 radical (unpaired) electrons. The quantitative estimate of drug-likeness (QED) is 0.750. The Bertz CT molecular complexity index is 308. The zero-order chi connectivity index (χ0) is 12.1. The van der Waals surface area contributed by atoms with E-state index in [1.807, 2.05) is 6.07 Å².